The zero-order valence-electron chi connectivity index (χ0n) is 21.9. The molecule has 3 rings (SSSR count). The van der Waals surface area contributed by atoms with Crippen LogP contribution in [-0.2, 0) is 11.4 Å². The Labute approximate surface area is 209 Å². The van der Waals surface area contributed by atoms with Crippen LogP contribution in [-0.4, -0.2) is 18.1 Å². The number of oxime groups is 1. The molecule has 0 spiro atoms. The summed E-state index contributed by atoms with van der Waals surface area (Å²) >= 11 is 0. The molecule has 0 saturated carbocycles. The van der Waals surface area contributed by atoms with Gasteiger partial charge in [0.25, 0.3) is 0 Å². The molecule has 1 heterocycles. The van der Waals surface area contributed by atoms with Crippen molar-refractivity contribution in [3.63, 3.8) is 0 Å². The van der Waals surface area contributed by atoms with Gasteiger partial charge in [0.2, 0.25) is 5.78 Å². The summed E-state index contributed by atoms with van der Waals surface area (Å²) in [5.74, 6) is 1.99. The lowest BCUT2D eigenvalue weighted by molar-refractivity contribution is 0.0893. The summed E-state index contributed by atoms with van der Waals surface area (Å²) in [5.41, 5.74) is 6.98. The summed E-state index contributed by atoms with van der Waals surface area (Å²) in [7, 11) is 0. The molecular weight excluding hydrogens is 438 g/mol. The first-order valence-electron chi connectivity index (χ1n) is 12.3. The first kappa shape index (κ1) is 26.3. The van der Waals surface area contributed by atoms with Crippen LogP contribution in [0.5, 0.6) is 5.75 Å². The van der Waals surface area contributed by atoms with E-state index in [9.17, 15) is 4.79 Å². The highest BCUT2D eigenvalue weighted by molar-refractivity contribution is 5.98. The van der Waals surface area contributed by atoms with Crippen LogP contribution in [0.4, 0.5) is 0 Å². The number of rotatable bonds is 11. The number of nitrogens with zero attached hydrogens (tertiary/aromatic N) is 1. The predicted molar refractivity (Wildman–Crippen MR) is 141 cm³/mol. The van der Waals surface area contributed by atoms with E-state index in [0.29, 0.717) is 35.9 Å². The number of hydrogen-bond donors (Lipinski definition) is 0. The van der Waals surface area contributed by atoms with Gasteiger partial charge in [-0.1, -0.05) is 58.8 Å². The number of ether oxygens (including phenoxy) is 1. The molecule has 0 amide bonds. The predicted octanol–water partition coefficient (Wildman–Crippen LogP) is 7.85. The summed E-state index contributed by atoms with van der Waals surface area (Å²) in [6.45, 7) is 15.7. The normalized spacial score (nSPS) is 12.0. The highest BCUT2D eigenvalue weighted by Gasteiger charge is 2.17. The second-order valence-corrected chi connectivity index (χ2v) is 9.81. The molecule has 35 heavy (non-hydrogen) atoms. The first-order valence-corrected chi connectivity index (χ1v) is 12.3. The van der Waals surface area contributed by atoms with Crippen LogP contribution in [0.15, 0.2) is 64.4 Å². The molecule has 2 aromatic carbocycles. The zero-order valence-corrected chi connectivity index (χ0v) is 21.9. The average molecular weight is 476 g/mol. The van der Waals surface area contributed by atoms with E-state index in [2.05, 4.69) is 58.8 Å². The van der Waals surface area contributed by atoms with Crippen molar-refractivity contribution >= 4 is 11.5 Å². The molecule has 0 aliphatic heterocycles. The minimum Gasteiger partial charge on any atom is -0.485 e. The Balaban J connectivity index is 1.68. The third kappa shape index (κ3) is 6.84. The van der Waals surface area contributed by atoms with Crippen LogP contribution < -0.4 is 4.74 Å². The van der Waals surface area contributed by atoms with Crippen LogP contribution in [0.25, 0.3) is 0 Å². The summed E-state index contributed by atoms with van der Waals surface area (Å²) in [6.07, 6.45) is 1.47. The molecule has 0 aliphatic carbocycles. The molecule has 3 aromatic rings. The maximum Gasteiger partial charge on any atom is 0.235 e. The Kier molecular flexibility index (Phi) is 8.91. The molecule has 5 heteroatoms. The van der Waals surface area contributed by atoms with Gasteiger partial charge in [-0.25, -0.2) is 0 Å². The van der Waals surface area contributed by atoms with Gasteiger partial charge in [0.1, 0.15) is 12.4 Å². The summed E-state index contributed by atoms with van der Waals surface area (Å²) in [6, 6.07) is 15.4. The summed E-state index contributed by atoms with van der Waals surface area (Å²) in [5, 5.41) is 4.40. The molecule has 5 nitrogen and oxygen atoms in total. The number of furan rings is 1. The Bertz CT molecular complexity index is 1110. The fraction of sp³-hybridized carbons (Fsp3) is 0.400. The van der Waals surface area contributed by atoms with Crippen LogP contribution in [0.2, 0.25) is 0 Å². The van der Waals surface area contributed by atoms with Crippen molar-refractivity contribution in [3.8, 4) is 5.75 Å². The van der Waals surface area contributed by atoms with Gasteiger partial charge in [-0.15, -0.1) is 0 Å². The van der Waals surface area contributed by atoms with Crippen molar-refractivity contribution in [3.05, 3.63) is 88.4 Å². The third-order valence-electron chi connectivity index (χ3n) is 6.10. The van der Waals surface area contributed by atoms with Crippen LogP contribution in [0.3, 0.4) is 0 Å². The Morgan fingerprint density at radius 3 is 2.06 bits per heavy atom. The smallest absolute Gasteiger partial charge is 0.235 e. The maximum absolute atomic E-state index is 12.0. The van der Waals surface area contributed by atoms with E-state index < -0.39 is 0 Å². The quantitative estimate of drug-likeness (QED) is 0.161. The van der Waals surface area contributed by atoms with Crippen LogP contribution >= 0.6 is 0 Å². The average Bonchev–Trinajstić information content (AvgIpc) is 3.37. The lowest BCUT2D eigenvalue weighted by Gasteiger charge is -2.22. The topological polar surface area (TPSA) is 61.0 Å². The maximum atomic E-state index is 12.0. The summed E-state index contributed by atoms with van der Waals surface area (Å²) < 4.78 is 10.7. The second kappa shape index (κ2) is 11.9. The molecule has 186 valence electrons. The fourth-order valence-corrected chi connectivity index (χ4v) is 3.97. The van der Waals surface area contributed by atoms with Crippen molar-refractivity contribution in [2.45, 2.75) is 72.8 Å². The van der Waals surface area contributed by atoms with E-state index in [-0.39, 0.29) is 12.4 Å². The van der Waals surface area contributed by atoms with E-state index in [4.69, 9.17) is 14.0 Å². The highest BCUT2D eigenvalue weighted by atomic mass is 16.6. The first-order chi connectivity index (χ1) is 16.7. The van der Waals surface area contributed by atoms with Gasteiger partial charge in [0.05, 0.1) is 12.0 Å². The summed E-state index contributed by atoms with van der Waals surface area (Å²) in [4.78, 5) is 17.9. The van der Waals surface area contributed by atoms with Gasteiger partial charge in [0, 0.05) is 0 Å². The Morgan fingerprint density at radius 2 is 1.54 bits per heavy atom. The minimum atomic E-state index is -0.201. The van der Waals surface area contributed by atoms with Gasteiger partial charge in [-0.05, 0) is 88.9 Å². The molecule has 0 bridgehead atoms. The number of ketones is 1. The van der Waals surface area contributed by atoms with Gasteiger partial charge in [-0.2, -0.15) is 0 Å². The molecule has 0 N–H and O–H groups in total. The van der Waals surface area contributed by atoms with E-state index in [1.165, 1.54) is 28.5 Å². The molecule has 0 unspecified atom stereocenters. The molecule has 0 fully saturated rings. The molecule has 0 atom stereocenters. The number of carbonyl (C=O) groups excluding carboxylic acids is 1. The monoisotopic (exact) mass is 475 g/mol. The molecule has 0 radical (unpaired) electrons. The van der Waals surface area contributed by atoms with Gasteiger partial charge in [0.15, 0.2) is 12.4 Å². The number of carbonyl (C=O) groups is 1. The number of hydrogen-bond acceptors (Lipinski definition) is 5. The van der Waals surface area contributed by atoms with Gasteiger partial charge in [-0.3, -0.25) is 4.79 Å². The molecule has 1 aromatic heterocycles. The van der Waals surface area contributed by atoms with Crippen molar-refractivity contribution in [2.24, 2.45) is 5.16 Å². The molecule has 0 aliphatic rings. The number of benzene rings is 2. The third-order valence-corrected chi connectivity index (χ3v) is 6.10. The Morgan fingerprint density at radius 1 is 0.914 bits per heavy atom. The van der Waals surface area contributed by atoms with Crippen molar-refractivity contribution < 1.29 is 18.8 Å². The van der Waals surface area contributed by atoms with E-state index in [0.717, 1.165) is 11.3 Å². The van der Waals surface area contributed by atoms with E-state index in [1.807, 2.05) is 31.2 Å². The Hall–Kier alpha value is -3.34. The van der Waals surface area contributed by atoms with Crippen LogP contribution in [0.1, 0.15) is 105 Å². The lowest BCUT2D eigenvalue weighted by atomic mass is 9.85. The standard InChI is InChI=1S/C30H37NO4/c1-19(2)24-15-26(20(3)4)28(27(16-24)21(5)6)17-35-31-22(7)23-10-12-25(13-11-23)34-18-29(32)30-9-8-14-33-30/h8-16,19-21H,17-18H2,1-7H3/b31-22+. The molecular formula is C30H37NO4. The highest BCUT2D eigenvalue weighted by Crippen LogP contribution is 2.32. The second-order valence-electron chi connectivity index (χ2n) is 9.81. The SMILES string of the molecule is C/C(=N\OCc1c(C(C)C)cc(C(C)C)cc1C(C)C)c1ccc(OCC(=O)c2ccco2)cc1. The number of Topliss-reactive ketones (excluding diaryl/α,β-unsaturated/α-hetero) is 1. The van der Waals surface area contributed by atoms with Crippen molar-refractivity contribution in [1.29, 1.82) is 0 Å². The van der Waals surface area contributed by atoms with Gasteiger partial charge >= 0.3 is 0 Å². The largest absolute Gasteiger partial charge is 0.485 e. The van der Waals surface area contributed by atoms with Crippen molar-refractivity contribution in [2.75, 3.05) is 6.61 Å². The van der Waals surface area contributed by atoms with Crippen LogP contribution in [0, 0.1) is 0 Å². The van der Waals surface area contributed by atoms with Crippen molar-refractivity contribution in [1.82, 2.24) is 0 Å². The fourth-order valence-electron chi connectivity index (χ4n) is 3.97. The van der Waals surface area contributed by atoms with E-state index in [1.54, 1.807) is 12.1 Å². The van der Waals surface area contributed by atoms with E-state index >= 15 is 0 Å². The molecule has 0 saturated heterocycles. The zero-order chi connectivity index (χ0) is 25.5. The van der Waals surface area contributed by atoms with Gasteiger partial charge < -0.3 is 14.0 Å². The minimum absolute atomic E-state index is 0.0744. The lowest BCUT2D eigenvalue weighted by Crippen LogP contribution is -2.10.